The number of nitrogens with zero attached hydrogens (tertiary/aromatic N) is 1. The topological polar surface area (TPSA) is 35.5 Å². The monoisotopic (exact) mass is 304 g/mol. The molecule has 0 saturated carbocycles. The molecule has 1 aromatic carbocycles. The molecule has 6 heteroatoms. The first-order valence-corrected chi connectivity index (χ1v) is 7.03. The molecule has 1 fully saturated rings. The molecule has 112 valence electrons. The molecule has 0 amide bonds. The van der Waals surface area contributed by atoms with Gasteiger partial charge in [0.25, 0.3) is 5.92 Å². The first-order valence-electron chi connectivity index (χ1n) is 6.65. The van der Waals surface area contributed by atoms with Crippen molar-refractivity contribution >= 4 is 11.6 Å². The number of alkyl halides is 2. The average molecular weight is 305 g/mol. The second-order valence-electron chi connectivity index (χ2n) is 5.11. The Kier molecular flexibility index (Phi) is 4.96. The Balaban J connectivity index is 2.39. The van der Waals surface area contributed by atoms with Crippen molar-refractivity contribution in [1.82, 2.24) is 10.2 Å². The number of benzene rings is 1. The lowest BCUT2D eigenvalue weighted by Crippen LogP contribution is -2.51. The van der Waals surface area contributed by atoms with Crippen molar-refractivity contribution in [2.24, 2.45) is 0 Å². The number of halogens is 3. The Morgan fingerprint density at radius 1 is 1.40 bits per heavy atom. The second kappa shape index (κ2) is 6.35. The number of rotatable bonds is 4. The molecule has 1 atom stereocenters. The molecule has 0 unspecified atom stereocenters. The van der Waals surface area contributed by atoms with E-state index in [1.165, 1.54) is 0 Å². The molecule has 2 N–H and O–H groups in total. The van der Waals surface area contributed by atoms with E-state index in [4.69, 9.17) is 16.7 Å². The Hall–Kier alpha value is -0.750. The maximum atomic E-state index is 14.2. The van der Waals surface area contributed by atoms with Gasteiger partial charge in [-0.25, -0.2) is 8.78 Å². The zero-order chi connectivity index (χ0) is 14.8. The summed E-state index contributed by atoms with van der Waals surface area (Å²) in [6.07, 6.45) is 0. The van der Waals surface area contributed by atoms with Crippen LogP contribution in [0.1, 0.15) is 17.2 Å². The summed E-state index contributed by atoms with van der Waals surface area (Å²) >= 11 is 5.90. The number of hydrogen-bond donors (Lipinski definition) is 2. The normalized spacial score (nSPS) is 19.1. The molecule has 0 spiro atoms. The maximum Gasteiger partial charge on any atom is 0.289 e. The number of piperazine rings is 1. The highest BCUT2D eigenvalue weighted by Crippen LogP contribution is 2.38. The summed E-state index contributed by atoms with van der Waals surface area (Å²) < 4.78 is 28.4. The van der Waals surface area contributed by atoms with Crippen molar-refractivity contribution in [2.45, 2.75) is 18.9 Å². The van der Waals surface area contributed by atoms with Crippen molar-refractivity contribution < 1.29 is 13.9 Å². The summed E-state index contributed by atoms with van der Waals surface area (Å²) in [5.74, 6) is -3.18. The van der Waals surface area contributed by atoms with Gasteiger partial charge in [0.05, 0.1) is 0 Å². The molecule has 20 heavy (non-hydrogen) atoms. The first kappa shape index (κ1) is 15.6. The Morgan fingerprint density at radius 2 is 2.05 bits per heavy atom. The highest BCUT2D eigenvalue weighted by Gasteiger charge is 2.44. The Bertz CT molecular complexity index is 464. The summed E-state index contributed by atoms with van der Waals surface area (Å²) in [5, 5.41) is 12.8. The number of aliphatic hydroxyl groups excluding tert-OH is 1. The van der Waals surface area contributed by atoms with Gasteiger partial charge in [-0.15, -0.1) is 0 Å². The summed E-state index contributed by atoms with van der Waals surface area (Å²) in [6, 6.07) is 3.81. The highest BCUT2D eigenvalue weighted by atomic mass is 35.5. The average Bonchev–Trinajstić information content (AvgIpc) is 2.43. The van der Waals surface area contributed by atoms with Crippen LogP contribution < -0.4 is 5.32 Å². The molecular weight excluding hydrogens is 286 g/mol. The van der Waals surface area contributed by atoms with Crippen LogP contribution in [0.5, 0.6) is 0 Å². The molecular formula is C14H19ClF2N2O. The standard InChI is InChI=1S/C14H19ClF2N2O/c1-10-8-11(15)2-3-12(10)13(14(16,17)9-20)19-6-4-18-5-7-19/h2-3,8,13,18,20H,4-7,9H2,1H3/t13-/m1/s1. The third-order valence-corrected chi connectivity index (χ3v) is 3.89. The molecule has 1 heterocycles. The quantitative estimate of drug-likeness (QED) is 0.895. The van der Waals surface area contributed by atoms with E-state index in [2.05, 4.69) is 5.32 Å². The molecule has 1 aromatic rings. The fourth-order valence-electron chi connectivity index (χ4n) is 2.66. The molecule has 1 aliphatic heterocycles. The van der Waals surface area contributed by atoms with Crippen LogP contribution >= 0.6 is 11.6 Å². The molecule has 3 nitrogen and oxygen atoms in total. The van der Waals surface area contributed by atoms with Gasteiger partial charge >= 0.3 is 0 Å². The van der Waals surface area contributed by atoms with E-state index in [-0.39, 0.29) is 0 Å². The van der Waals surface area contributed by atoms with Gasteiger partial charge in [0.1, 0.15) is 12.6 Å². The number of hydrogen-bond acceptors (Lipinski definition) is 3. The van der Waals surface area contributed by atoms with Crippen LogP contribution in [-0.4, -0.2) is 48.7 Å². The molecule has 0 radical (unpaired) electrons. The zero-order valence-electron chi connectivity index (χ0n) is 11.4. The predicted octanol–water partition coefficient (Wildman–Crippen LogP) is 2.22. The minimum absolute atomic E-state index is 0.523. The van der Waals surface area contributed by atoms with Gasteiger partial charge in [-0.05, 0) is 30.2 Å². The number of aliphatic hydroxyl groups is 1. The van der Waals surface area contributed by atoms with Crippen LogP contribution in [0.15, 0.2) is 18.2 Å². The van der Waals surface area contributed by atoms with Crippen LogP contribution in [0.4, 0.5) is 8.78 Å². The fraction of sp³-hybridized carbons (Fsp3) is 0.571. The van der Waals surface area contributed by atoms with Gasteiger partial charge < -0.3 is 10.4 Å². The minimum Gasteiger partial charge on any atom is -0.390 e. The van der Waals surface area contributed by atoms with Crippen LogP contribution in [0.3, 0.4) is 0 Å². The van der Waals surface area contributed by atoms with E-state index in [0.29, 0.717) is 42.3 Å². The number of nitrogens with one attached hydrogen (secondary N) is 1. The lowest BCUT2D eigenvalue weighted by atomic mass is 9.94. The highest BCUT2D eigenvalue weighted by molar-refractivity contribution is 6.30. The molecule has 0 aliphatic carbocycles. The van der Waals surface area contributed by atoms with Crippen LogP contribution in [0, 0.1) is 6.92 Å². The smallest absolute Gasteiger partial charge is 0.289 e. The minimum atomic E-state index is -3.18. The molecule has 2 rings (SSSR count). The molecule has 1 saturated heterocycles. The third-order valence-electron chi connectivity index (χ3n) is 3.65. The second-order valence-corrected chi connectivity index (χ2v) is 5.54. The van der Waals surface area contributed by atoms with Gasteiger partial charge in [0.15, 0.2) is 0 Å². The SMILES string of the molecule is Cc1cc(Cl)ccc1[C@@H](N1CCNCC1)C(F)(F)CO. The van der Waals surface area contributed by atoms with Crippen molar-refractivity contribution in [1.29, 1.82) is 0 Å². The van der Waals surface area contributed by atoms with E-state index in [1.807, 2.05) is 0 Å². The fourth-order valence-corrected chi connectivity index (χ4v) is 2.89. The molecule has 1 aliphatic rings. The summed E-state index contributed by atoms with van der Waals surface area (Å²) in [7, 11) is 0. The van der Waals surface area contributed by atoms with Gasteiger partial charge in [0, 0.05) is 31.2 Å². The van der Waals surface area contributed by atoms with E-state index >= 15 is 0 Å². The van der Waals surface area contributed by atoms with Crippen molar-refractivity contribution in [2.75, 3.05) is 32.8 Å². The van der Waals surface area contributed by atoms with E-state index < -0.39 is 18.6 Å². The summed E-state index contributed by atoms with van der Waals surface area (Å²) in [5.41, 5.74) is 1.24. The summed E-state index contributed by atoms with van der Waals surface area (Å²) in [4.78, 5) is 1.73. The van der Waals surface area contributed by atoms with Gasteiger partial charge in [-0.1, -0.05) is 17.7 Å². The van der Waals surface area contributed by atoms with Gasteiger partial charge in [-0.3, -0.25) is 4.90 Å². The van der Waals surface area contributed by atoms with E-state index in [9.17, 15) is 8.78 Å². The Morgan fingerprint density at radius 3 is 2.60 bits per heavy atom. The lowest BCUT2D eigenvalue weighted by Gasteiger charge is -2.39. The van der Waals surface area contributed by atoms with Crippen molar-refractivity contribution in [3.05, 3.63) is 34.3 Å². The third kappa shape index (κ3) is 3.28. The van der Waals surface area contributed by atoms with Gasteiger partial charge in [-0.2, -0.15) is 0 Å². The summed E-state index contributed by atoms with van der Waals surface area (Å²) in [6.45, 7) is 3.01. The largest absolute Gasteiger partial charge is 0.390 e. The number of aryl methyl sites for hydroxylation is 1. The van der Waals surface area contributed by atoms with Crippen molar-refractivity contribution in [3.8, 4) is 0 Å². The lowest BCUT2D eigenvalue weighted by molar-refractivity contribution is -0.118. The molecule has 0 bridgehead atoms. The van der Waals surface area contributed by atoms with E-state index in [1.54, 1.807) is 30.0 Å². The van der Waals surface area contributed by atoms with Crippen LogP contribution in [0.2, 0.25) is 5.02 Å². The predicted molar refractivity (Wildman–Crippen MR) is 75.4 cm³/mol. The van der Waals surface area contributed by atoms with Crippen molar-refractivity contribution in [3.63, 3.8) is 0 Å². The zero-order valence-corrected chi connectivity index (χ0v) is 12.1. The van der Waals surface area contributed by atoms with Crippen LogP contribution in [0.25, 0.3) is 0 Å². The first-order chi connectivity index (χ1) is 9.45. The van der Waals surface area contributed by atoms with E-state index in [0.717, 1.165) is 0 Å². The van der Waals surface area contributed by atoms with Gasteiger partial charge in [0.2, 0.25) is 0 Å². The Labute approximate surface area is 122 Å². The maximum absolute atomic E-state index is 14.2. The molecule has 0 aromatic heterocycles. The van der Waals surface area contributed by atoms with Crippen LogP contribution in [-0.2, 0) is 0 Å².